The number of carbonyl (C=O) groups excluding carboxylic acids is 3. The lowest BCUT2D eigenvalue weighted by Crippen LogP contribution is -2.56. The molecule has 2 aromatic rings. The van der Waals surface area contributed by atoms with Gasteiger partial charge in [0.15, 0.2) is 0 Å². The van der Waals surface area contributed by atoms with E-state index < -0.39 is 29.4 Å². The molecule has 6 heteroatoms. The number of ether oxygens (including phenoxy) is 1. The molecule has 0 aliphatic carbocycles. The molecule has 2 amide bonds. The number of fused-ring (bicyclic) bond motifs is 1. The van der Waals surface area contributed by atoms with Crippen molar-refractivity contribution in [2.24, 2.45) is 11.8 Å². The second-order valence-corrected chi connectivity index (χ2v) is 8.95. The Balaban J connectivity index is 1.85. The van der Waals surface area contributed by atoms with Gasteiger partial charge in [0.25, 0.3) is 0 Å². The molecule has 2 aliphatic rings. The average Bonchev–Trinajstić information content (AvgIpc) is 3.27. The fourth-order valence-corrected chi connectivity index (χ4v) is 5.17. The van der Waals surface area contributed by atoms with Gasteiger partial charge in [-0.15, -0.1) is 0 Å². The Morgan fingerprint density at radius 1 is 1.00 bits per heavy atom. The fourth-order valence-electron chi connectivity index (χ4n) is 5.17. The van der Waals surface area contributed by atoms with Gasteiger partial charge in [0.05, 0.1) is 24.6 Å². The van der Waals surface area contributed by atoms with Crippen LogP contribution in [0.3, 0.4) is 0 Å². The number of nitrogens with zero attached hydrogens (tertiary/aromatic N) is 1. The number of anilines is 1. The van der Waals surface area contributed by atoms with Crippen LogP contribution in [0.1, 0.15) is 48.9 Å². The number of nitrogens with one attached hydrogen (secondary N) is 1. The Morgan fingerprint density at radius 2 is 1.59 bits per heavy atom. The third kappa shape index (κ3) is 3.43. The van der Waals surface area contributed by atoms with Gasteiger partial charge in [0.2, 0.25) is 11.8 Å². The van der Waals surface area contributed by atoms with Gasteiger partial charge in [-0.3, -0.25) is 19.7 Å². The molecular formula is C26H30N2O4. The van der Waals surface area contributed by atoms with Crippen molar-refractivity contribution in [2.45, 2.75) is 51.6 Å². The summed E-state index contributed by atoms with van der Waals surface area (Å²) < 4.78 is 5.20. The van der Waals surface area contributed by atoms with Crippen molar-refractivity contribution in [3.8, 4) is 0 Å². The van der Waals surface area contributed by atoms with E-state index in [4.69, 9.17) is 4.74 Å². The Labute approximate surface area is 188 Å². The van der Waals surface area contributed by atoms with E-state index in [0.717, 1.165) is 29.5 Å². The van der Waals surface area contributed by atoms with Crippen molar-refractivity contribution in [1.29, 1.82) is 0 Å². The number of hydrogen-bond donors (Lipinski definition) is 1. The molecule has 168 valence electrons. The molecule has 4 atom stereocenters. The van der Waals surface area contributed by atoms with E-state index in [9.17, 15) is 14.4 Å². The molecule has 0 spiro atoms. The van der Waals surface area contributed by atoms with Crippen molar-refractivity contribution in [2.75, 3.05) is 12.0 Å². The predicted octanol–water partition coefficient (Wildman–Crippen LogP) is 3.86. The smallest absolute Gasteiger partial charge is 0.326 e. The normalized spacial score (nSPS) is 27.0. The Kier molecular flexibility index (Phi) is 5.91. The highest BCUT2D eigenvalue weighted by Crippen LogP contribution is 2.51. The number of unbranched alkanes of at least 4 members (excludes halogenated alkanes) is 1. The number of imide groups is 1. The van der Waals surface area contributed by atoms with Gasteiger partial charge in [0.1, 0.15) is 5.54 Å². The van der Waals surface area contributed by atoms with Gasteiger partial charge in [-0.25, -0.2) is 4.90 Å². The number of hydrogen-bond acceptors (Lipinski definition) is 5. The first kappa shape index (κ1) is 22.2. The van der Waals surface area contributed by atoms with Crippen LogP contribution in [0.25, 0.3) is 0 Å². The first-order valence-corrected chi connectivity index (χ1v) is 11.2. The number of rotatable bonds is 6. The third-order valence-electron chi connectivity index (χ3n) is 6.86. The maximum Gasteiger partial charge on any atom is 0.326 e. The molecule has 0 bridgehead atoms. The highest BCUT2D eigenvalue weighted by atomic mass is 16.5. The van der Waals surface area contributed by atoms with Gasteiger partial charge in [-0.2, -0.15) is 0 Å². The second-order valence-electron chi connectivity index (χ2n) is 8.95. The minimum atomic E-state index is -1.24. The second kappa shape index (κ2) is 8.51. The van der Waals surface area contributed by atoms with Crippen molar-refractivity contribution in [3.05, 3.63) is 65.2 Å². The Bertz CT molecular complexity index is 1030. The first-order valence-electron chi connectivity index (χ1n) is 11.2. The van der Waals surface area contributed by atoms with E-state index in [-0.39, 0.29) is 11.8 Å². The molecule has 0 unspecified atom stereocenters. The standard InChI is InChI=1S/C26H30N2O4/c1-5-6-15-26(25(31)32-4)21-20(22(27-26)18-11-7-16(2)8-12-18)23(29)28(24(21)30)19-13-9-17(3)10-14-19/h7-14,20-22,27H,5-6,15H2,1-4H3/t20-,21-,22-,26+/m0/s1. The van der Waals surface area contributed by atoms with Crippen LogP contribution in [-0.4, -0.2) is 30.4 Å². The molecule has 4 rings (SSSR count). The van der Waals surface area contributed by atoms with Crippen LogP contribution in [0.2, 0.25) is 0 Å². The van der Waals surface area contributed by atoms with E-state index >= 15 is 0 Å². The monoisotopic (exact) mass is 434 g/mol. The summed E-state index contributed by atoms with van der Waals surface area (Å²) in [6.07, 6.45) is 2.02. The van der Waals surface area contributed by atoms with Gasteiger partial charge in [-0.1, -0.05) is 67.3 Å². The molecule has 2 saturated heterocycles. The zero-order chi connectivity index (χ0) is 23.0. The SMILES string of the molecule is CCCC[C@@]1(C(=O)OC)N[C@@H](c2ccc(C)cc2)[C@H]2C(=O)N(c3ccc(C)cc3)C(=O)[C@H]21. The Hall–Kier alpha value is -2.99. The lowest BCUT2D eigenvalue weighted by molar-refractivity contribution is -0.152. The minimum absolute atomic E-state index is 0.274. The summed E-state index contributed by atoms with van der Waals surface area (Å²) in [6.45, 7) is 5.99. The van der Waals surface area contributed by atoms with E-state index in [2.05, 4.69) is 5.32 Å². The first-order chi connectivity index (χ1) is 15.3. The fraction of sp³-hybridized carbons (Fsp3) is 0.423. The minimum Gasteiger partial charge on any atom is -0.468 e. The van der Waals surface area contributed by atoms with Crippen LogP contribution in [0, 0.1) is 25.7 Å². The number of aryl methyl sites for hydroxylation is 2. The topological polar surface area (TPSA) is 75.7 Å². The molecule has 1 N–H and O–H groups in total. The van der Waals surface area contributed by atoms with Crippen molar-refractivity contribution < 1.29 is 19.1 Å². The zero-order valence-corrected chi connectivity index (χ0v) is 19.1. The van der Waals surface area contributed by atoms with Crippen LogP contribution in [-0.2, 0) is 19.1 Å². The van der Waals surface area contributed by atoms with E-state index in [1.165, 1.54) is 12.0 Å². The van der Waals surface area contributed by atoms with Crippen LogP contribution < -0.4 is 10.2 Å². The van der Waals surface area contributed by atoms with Crippen LogP contribution >= 0.6 is 0 Å². The van der Waals surface area contributed by atoms with Crippen molar-refractivity contribution in [3.63, 3.8) is 0 Å². The summed E-state index contributed by atoms with van der Waals surface area (Å²) in [5.74, 6) is -2.59. The summed E-state index contributed by atoms with van der Waals surface area (Å²) in [4.78, 5) is 41.9. The summed E-state index contributed by atoms with van der Waals surface area (Å²) >= 11 is 0. The summed E-state index contributed by atoms with van der Waals surface area (Å²) in [6, 6.07) is 14.8. The van der Waals surface area contributed by atoms with E-state index in [1.54, 1.807) is 12.1 Å². The van der Waals surface area contributed by atoms with Gasteiger partial charge >= 0.3 is 5.97 Å². The van der Waals surface area contributed by atoms with E-state index in [0.29, 0.717) is 12.1 Å². The predicted molar refractivity (Wildman–Crippen MR) is 122 cm³/mol. The number of esters is 1. The third-order valence-corrected chi connectivity index (χ3v) is 6.86. The lowest BCUT2D eigenvalue weighted by Gasteiger charge is -2.32. The van der Waals surface area contributed by atoms with Gasteiger partial charge < -0.3 is 4.74 Å². The molecule has 6 nitrogen and oxygen atoms in total. The van der Waals surface area contributed by atoms with Crippen LogP contribution in [0.15, 0.2) is 48.5 Å². The summed E-state index contributed by atoms with van der Waals surface area (Å²) in [7, 11) is 1.34. The van der Waals surface area contributed by atoms with Crippen molar-refractivity contribution in [1.82, 2.24) is 5.32 Å². The summed E-state index contributed by atoms with van der Waals surface area (Å²) in [5, 5.41) is 3.43. The molecular weight excluding hydrogens is 404 g/mol. The number of methoxy groups -OCH3 is 1. The highest BCUT2D eigenvalue weighted by molar-refractivity contribution is 6.24. The largest absolute Gasteiger partial charge is 0.468 e. The van der Waals surface area contributed by atoms with Crippen LogP contribution in [0.4, 0.5) is 5.69 Å². The number of carbonyl (C=O) groups is 3. The molecule has 32 heavy (non-hydrogen) atoms. The maximum absolute atomic E-state index is 13.8. The Morgan fingerprint density at radius 3 is 2.16 bits per heavy atom. The quantitative estimate of drug-likeness (QED) is 0.552. The van der Waals surface area contributed by atoms with Gasteiger partial charge in [0, 0.05) is 6.04 Å². The van der Waals surface area contributed by atoms with E-state index in [1.807, 2.05) is 57.2 Å². The summed E-state index contributed by atoms with van der Waals surface area (Å²) in [5.41, 5.74) is 2.33. The molecule has 2 aliphatic heterocycles. The molecule has 2 heterocycles. The highest BCUT2D eigenvalue weighted by Gasteiger charge is 2.68. The average molecular weight is 435 g/mol. The molecule has 2 aromatic carbocycles. The molecule has 2 fully saturated rings. The molecule has 0 saturated carbocycles. The lowest BCUT2D eigenvalue weighted by atomic mass is 9.76. The molecule has 0 radical (unpaired) electrons. The van der Waals surface area contributed by atoms with Crippen molar-refractivity contribution >= 4 is 23.5 Å². The molecule has 0 aromatic heterocycles. The zero-order valence-electron chi connectivity index (χ0n) is 19.1. The number of amides is 2. The van der Waals surface area contributed by atoms with Crippen LogP contribution in [0.5, 0.6) is 0 Å². The van der Waals surface area contributed by atoms with Gasteiger partial charge in [-0.05, 0) is 38.0 Å². The number of benzene rings is 2. The maximum atomic E-state index is 13.8.